The Hall–Kier alpha value is -3.53. The molecule has 0 radical (unpaired) electrons. The zero-order chi connectivity index (χ0) is 19.2. The first-order valence-electron chi connectivity index (χ1n) is 9.37. The largest absolute Gasteiger partial charge is 0.346 e. The van der Waals surface area contributed by atoms with Crippen molar-refractivity contribution >= 4 is 5.82 Å². The van der Waals surface area contributed by atoms with E-state index in [0.29, 0.717) is 0 Å². The Bertz CT molecular complexity index is 977. The number of aryl methyl sites for hydroxylation is 1. The molecule has 0 aliphatic carbocycles. The topological polar surface area (TPSA) is 41.9 Å². The summed E-state index contributed by atoms with van der Waals surface area (Å²) < 4.78 is 0. The normalized spacial score (nSPS) is 10.6. The molecule has 4 rings (SSSR count). The fourth-order valence-electron chi connectivity index (χ4n) is 3.26. The van der Waals surface area contributed by atoms with E-state index in [9.17, 15) is 0 Å². The number of nitrogens with zero attached hydrogens (tertiary/aromatic N) is 4. The van der Waals surface area contributed by atoms with E-state index in [0.717, 1.165) is 35.7 Å². The summed E-state index contributed by atoms with van der Waals surface area (Å²) in [5.74, 6) is 0.903. The highest BCUT2D eigenvalue weighted by Crippen LogP contribution is 2.25. The Labute approximate surface area is 165 Å². The molecule has 28 heavy (non-hydrogen) atoms. The van der Waals surface area contributed by atoms with Gasteiger partial charge in [0.15, 0.2) is 5.82 Å². The molecule has 4 aromatic rings. The van der Waals surface area contributed by atoms with Crippen molar-refractivity contribution in [1.82, 2.24) is 15.2 Å². The number of rotatable bonds is 6. The zero-order valence-electron chi connectivity index (χ0n) is 15.9. The van der Waals surface area contributed by atoms with Gasteiger partial charge in [0.05, 0.1) is 5.69 Å². The molecule has 2 aromatic heterocycles. The lowest BCUT2D eigenvalue weighted by Crippen LogP contribution is -2.24. The highest BCUT2D eigenvalue weighted by molar-refractivity contribution is 5.61. The van der Waals surface area contributed by atoms with E-state index in [2.05, 4.69) is 81.6 Å². The molecule has 0 aliphatic heterocycles. The second-order valence-corrected chi connectivity index (χ2v) is 6.81. The minimum Gasteiger partial charge on any atom is -0.346 e. The second kappa shape index (κ2) is 8.44. The molecule has 4 heteroatoms. The van der Waals surface area contributed by atoms with Gasteiger partial charge in [-0.2, -0.15) is 0 Å². The number of hydrogen-bond donors (Lipinski definition) is 0. The summed E-state index contributed by atoms with van der Waals surface area (Å²) in [7, 11) is 0. The van der Waals surface area contributed by atoms with E-state index in [-0.39, 0.29) is 0 Å². The standard InChI is InChI=1S/C24H22N4/c1-19-15-23(22-13-8-14-25-16-22)26-27-24(19)28(17-20-9-4-2-5-10-20)18-21-11-6-3-7-12-21/h2-16H,17-18H2,1H3. The quantitative estimate of drug-likeness (QED) is 0.479. The lowest BCUT2D eigenvalue weighted by atomic mass is 10.1. The van der Waals surface area contributed by atoms with Gasteiger partial charge in [0.25, 0.3) is 0 Å². The Morgan fingerprint density at radius 2 is 1.39 bits per heavy atom. The summed E-state index contributed by atoms with van der Waals surface area (Å²) in [4.78, 5) is 6.46. The molecule has 2 aromatic carbocycles. The van der Waals surface area contributed by atoms with Crippen molar-refractivity contribution in [2.45, 2.75) is 20.0 Å². The maximum Gasteiger partial charge on any atom is 0.154 e. The van der Waals surface area contributed by atoms with Gasteiger partial charge in [0.2, 0.25) is 0 Å². The third-order valence-electron chi connectivity index (χ3n) is 4.65. The van der Waals surface area contributed by atoms with Crippen LogP contribution in [0.3, 0.4) is 0 Å². The van der Waals surface area contributed by atoms with Crippen LogP contribution in [0.2, 0.25) is 0 Å². The van der Waals surface area contributed by atoms with Crippen LogP contribution in [-0.2, 0) is 13.1 Å². The zero-order valence-corrected chi connectivity index (χ0v) is 15.9. The molecule has 4 nitrogen and oxygen atoms in total. The van der Waals surface area contributed by atoms with Crippen LogP contribution in [0, 0.1) is 6.92 Å². The molecular weight excluding hydrogens is 344 g/mol. The van der Waals surface area contributed by atoms with Crippen molar-refractivity contribution in [1.29, 1.82) is 0 Å². The lowest BCUT2D eigenvalue weighted by Gasteiger charge is -2.25. The first-order valence-corrected chi connectivity index (χ1v) is 9.37. The first-order chi connectivity index (χ1) is 13.8. The Morgan fingerprint density at radius 1 is 0.750 bits per heavy atom. The van der Waals surface area contributed by atoms with E-state index in [1.54, 1.807) is 6.20 Å². The van der Waals surface area contributed by atoms with E-state index in [4.69, 9.17) is 0 Å². The molecule has 0 spiro atoms. The minimum absolute atomic E-state index is 0.775. The summed E-state index contributed by atoms with van der Waals surface area (Å²) in [6, 6.07) is 26.9. The van der Waals surface area contributed by atoms with Gasteiger partial charge in [-0.1, -0.05) is 60.7 Å². The average molecular weight is 366 g/mol. The van der Waals surface area contributed by atoms with Crippen molar-refractivity contribution in [3.05, 3.63) is 108 Å². The van der Waals surface area contributed by atoms with Crippen molar-refractivity contribution in [2.24, 2.45) is 0 Å². The molecule has 0 saturated heterocycles. The summed E-state index contributed by atoms with van der Waals surface area (Å²) >= 11 is 0. The van der Waals surface area contributed by atoms with Crippen molar-refractivity contribution in [3.8, 4) is 11.3 Å². The smallest absolute Gasteiger partial charge is 0.154 e. The fraction of sp³-hybridized carbons (Fsp3) is 0.125. The highest BCUT2D eigenvalue weighted by Gasteiger charge is 2.14. The monoisotopic (exact) mass is 366 g/mol. The number of anilines is 1. The number of pyridine rings is 1. The maximum atomic E-state index is 4.60. The van der Waals surface area contributed by atoms with Crippen LogP contribution in [0.15, 0.2) is 91.3 Å². The molecule has 0 unspecified atom stereocenters. The Balaban J connectivity index is 1.67. The van der Waals surface area contributed by atoms with Crippen molar-refractivity contribution in [3.63, 3.8) is 0 Å². The molecule has 0 saturated carbocycles. The van der Waals surface area contributed by atoms with Gasteiger partial charge in [0.1, 0.15) is 0 Å². The second-order valence-electron chi connectivity index (χ2n) is 6.81. The molecule has 138 valence electrons. The van der Waals surface area contributed by atoms with Crippen molar-refractivity contribution < 1.29 is 0 Å². The molecule has 0 fully saturated rings. The molecule has 0 N–H and O–H groups in total. The van der Waals surface area contributed by atoms with Gasteiger partial charge in [-0.05, 0) is 41.8 Å². The first kappa shape index (κ1) is 17.9. The summed E-state index contributed by atoms with van der Waals surface area (Å²) in [6.45, 7) is 3.64. The Kier molecular flexibility index (Phi) is 5.38. The van der Waals surface area contributed by atoms with Crippen molar-refractivity contribution in [2.75, 3.05) is 4.90 Å². The van der Waals surface area contributed by atoms with Crippen LogP contribution in [0.4, 0.5) is 5.82 Å². The number of hydrogen-bond acceptors (Lipinski definition) is 4. The summed E-state index contributed by atoms with van der Waals surface area (Å²) in [5, 5.41) is 9.08. The molecule has 0 aliphatic rings. The average Bonchev–Trinajstić information content (AvgIpc) is 2.75. The van der Waals surface area contributed by atoms with Gasteiger partial charge in [-0.3, -0.25) is 4.98 Å². The molecule has 0 bridgehead atoms. The SMILES string of the molecule is Cc1cc(-c2cccnc2)nnc1N(Cc1ccccc1)Cc1ccccc1. The number of aromatic nitrogens is 3. The van der Waals surface area contributed by atoms with Crippen LogP contribution in [0.25, 0.3) is 11.3 Å². The predicted molar refractivity (Wildman–Crippen MR) is 113 cm³/mol. The third-order valence-corrected chi connectivity index (χ3v) is 4.65. The van der Waals surface area contributed by atoms with Crippen LogP contribution >= 0.6 is 0 Å². The molecular formula is C24H22N4. The van der Waals surface area contributed by atoms with E-state index in [1.165, 1.54) is 11.1 Å². The summed E-state index contributed by atoms with van der Waals surface area (Å²) in [5.41, 5.74) is 5.41. The highest BCUT2D eigenvalue weighted by atomic mass is 15.3. The van der Waals surface area contributed by atoms with Gasteiger partial charge in [-0.15, -0.1) is 10.2 Å². The molecule has 0 atom stereocenters. The van der Waals surface area contributed by atoms with Gasteiger partial charge >= 0.3 is 0 Å². The predicted octanol–water partition coefficient (Wildman–Crippen LogP) is 5.05. The molecule has 0 amide bonds. The van der Waals surface area contributed by atoms with Gasteiger partial charge in [0, 0.05) is 31.0 Å². The van der Waals surface area contributed by atoms with Crippen LogP contribution in [0.5, 0.6) is 0 Å². The fourth-order valence-corrected chi connectivity index (χ4v) is 3.26. The van der Waals surface area contributed by atoms with Gasteiger partial charge < -0.3 is 4.90 Å². The minimum atomic E-state index is 0.775. The van der Waals surface area contributed by atoms with Crippen LogP contribution in [0.1, 0.15) is 16.7 Å². The van der Waals surface area contributed by atoms with E-state index >= 15 is 0 Å². The third kappa shape index (κ3) is 4.23. The summed E-state index contributed by atoms with van der Waals surface area (Å²) in [6.07, 6.45) is 3.58. The Morgan fingerprint density at radius 3 is 1.93 bits per heavy atom. The lowest BCUT2D eigenvalue weighted by molar-refractivity contribution is 0.764. The van der Waals surface area contributed by atoms with Gasteiger partial charge in [-0.25, -0.2) is 0 Å². The molecule has 2 heterocycles. The van der Waals surface area contributed by atoms with Crippen LogP contribution in [-0.4, -0.2) is 15.2 Å². The van der Waals surface area contributed by atoms with Crippen LogP contribution < -0.4 is 4.90 Å². The maximum absolute atomic E-state index is 4.60. The number of benzene rings is 2. The van der Waals surface area contributed by atoms with E-state index in [1.807, 2.05) is 30.5 Å². The van der Waals surface area contributed by atoms with E-state index < -0.39 is 0 Å².